The van der Waals surface area contributed by atoms with Crippen LogP contribution in [0.4, 0.5) is 0 Å². The third-order valence-corrected chi connectivity index (χ3v) is 7.45. The molecule has 2 aliphatic heterocycles. The molecular formula is C30H38Br2NNaO4. The number of ether oxygens (including phenoxy) is 4. The summed E-state index contributed by atoms with van der Waals surface area (Å²) in [5, 5.41) is 1.24. The van der Waals surface area contributed by atoms with E-state index in [-0.39, 0.29) is 42.9 Å². The number of allylic oxidation sites excluding steroid dienone is 1. The molecule has 0 radical (unpaired) electrons. The summed E-state index contributed by atoms with van der Waals surface area (Å²) in [6.45, 7) is 12.2. The van der Waals surface area contributed by atoms with E-state index >= 15 is 0 Å². The Morgan fingerprint density at radius 1 is 0.895 bits per heavy atom. The molecule has 3 heterocycles. The van der Waals surface area contributed by atoms with Gasteiger partial charge < -0.3 is 24.9 Å². The molecule has 8 heteroatoms. The van der Waals surface area contributed by atoms with Gasteiger partial charge in [-0.05, 0) is 88.1 Å². The molecule has 2 saturated heterocycles. The first kappa shape index (κ1) is 32.0. The zero-order valence-electron chi connectivity index (χ0n) is 24.3. The van der Waals surface area contributed by atoms with E-state index in [1.165, 1.54) is 22.0 Å². The maximum absolute atomic E-state index is 5.84. The largest absolute Gasteiger partial charge is 1.00 e. The van der Waals surface area contributed by atoms with Crippen molar-refractivity contribution in [3.63, 3.8) is 0 Å². The SMILES string of the molecule is Brc1ccc2c(c1)C=CC2.CC1(C)OC[C@H](Cn2ccc3cc(Br)ccc32)O1.CC[C@H]1COC(C)(C)O1.[H-].[Na+]. The molecule has 0 saturated carbocycles. The van der Waals surface area contributed by atoms with Crippen molar-refractivity contribution in [1.82, 2.24) is 4.57 Å². The monoisotopic (exact) mass is 657 g/mol. The summed E-state index contributed by atoms with van der Waals surface area (Å²) in [7, 11) is 0. The molecule has 3 aromatic rings. The van der Waals surface area contributed by atoms with Gasteiger partial charge in [-0.25, -0.2) is 0 Å². The van der Waals surface area contributed by atoms with E-state index in [9.17, 15) is 0 Å². The fraction of sp³-hybridized carbons (Fsp3) is 0.467. The molecule has 202 valence electrons. The first-order valence-electron chi connectivity index (χ1n) is 12.9. The van der Waals surface area contributed by atoms with Crippen molar-refractivity contribution in [2.75, 3.05) is 13.2 Å². The predicted octanol–water partition coefficient (Wildman–Crippen LogP) is 5.24. The average Bonchev–Trinajstić information content (AvgIpc) is 3.61. The Kier molecular flexibility index (Phi) is 11.7. The molecule has 6 rings (SSSR count). The van der Waals surface area contributed by atoms with Crippen LogP contribution in [-0.2, 0) is 31.9 Å². The maximum Gasteiger partial charge on any atom is 1.00 e. The summed E-state index contributed by atoms with van der Waals surface area (Å²) in [6, 6.07) is 14.8. The van der Waals surface area contributed by atoms with Crippen LogP contribution in [0.3, 0.4) is 0 Å². The van der Waals surface area contributed by atoms with Gasteiger partial charge in [0.1, 0.15) is 6.10 Å². The van der Waals surface area contributed by atoms with Crippen molar-refractivity contribution in [1.29, 1.82) is 0 Å². The second-order valence-corrected chi connectivity index (χ2v) is 12.3. The first-order chi connectivity index (χ1) is 17.5. The Morgan fingerprint density at radius 2 is 1.53 bits per heavy atom. The van der Waals surface area contributed by atoms with Crippen molar-refractivity contribution in [2.45, 2.75) is 77.8 Å². The second-order valence-electron chi connectivity index (χ2n) is 10.4. The van der Waals surface area contributed by atoms with E-state index < -0.39 is 5.79 Å². The Labute approximate surface area is 267 Å². The van der Waals surface area contributed by atoms with Crippen LogP contribution in [-0.4, -0.2) is 41.6 Å². The van der Waals surface area contributed by atoms with Crippen LogP contribution in [0.25, 0.3) is 17.0 Å². The van der Waals surface area contributed by atoms with Gasteiger partial charge in [0.05, 0.1) is 25.9 Å². The van der Waals surface area contributed by atoms with E-state index in [0.717, 1.165) is 34.9 Å². The van der Waals surface area contributed by atoms with Gasteiger partial charge in [-0.2, -0.15) is 0 Å². The number of rotatable bonds is 3. The number of halogens is 2. The third-order valence-electron chi connectivity index (χ3n) is 6.47. The topological polar surface area (TPSA) is 41.9 Å². The Hall–Kier alpha value is -0.480. The summed E-state index contributed by atoms with van der Waals surface area (Å²) in [5.41, 5.74) is 4.02. The zero-order chi connectivity index (χ0) is 26.6. The van der Waals surface area contributed by atoms with Gasteiger partial charge in [0.15, 0.2) is 11.6 Å². The predicted molar refractivity (Wildman–Crippen MR) is 158 cm³/mol. The van der Waals surface area contributed by atoms with Crippen LogP contribution in [0.5, 0.6) is 0 Å². The quantitative estimate of drug-likeness (QED) is 0.361. The van der Waals surface area contributed by atoms with E-state index in [4.69, 9.17) is 18.9 Å². The summed E-state index contributed by atoms with van der Waals surface area (Å²) >= 11 is 6.92. The van der Waals surface area contributed by atoms with E-state index in [1.807, 2.05) is 27.7 Å². The minimum atomic E-state index is -0.448. The fourth-order valence-corrected chi connectivity index (χ4v) is 5.34. The van der Waals surface area contributed by atoms with Gasteiger partial charge in [0, 0.05) is 26.0 Å². The first-order valence-corrected chi connectivity index (χ1v) is 14.4. The molecule has 2 aromatic carbocycles. The van der Waals surface area contributed by atoms with Crippen LogP contribution in [0.2, 0.25) is 0 Å². The number of nitrogens with zero attached hydrogens (tertiary/aromatic N) is 1. The minimum Gasteiger partial charge on any atom is -1.00 e. The van der Waals surface area contributed by atoms with Crippen molar-refractivity contribution >= 4 is 48.8 Å². The summed E-state index contributed by atoms with van der Waals surface area (Å²) in [4.78, 5) is 0. The average molecular weight is 659 g/mol. The van der Waals surface area contributed by atoms with Crippen LogP contribution < -0.4 is 29.6 Å². The van der Waals surface area contributed by atoms with Crippen LogP contribution in [0, 0.1) is 0 Å². The van der Waals surface area contributed by atoms with Crippen molar-refractivity contribution < 1.29 is 49.9 Å². The summed E-state index contributed by atoms with van der Waals surface area (Å²) < 4.78 is 26.7. The molecular weight excluding hydrogens is 621 g/mol. The zero-order valence-corrected chi connectivity index (χ0v) is 28.5. The van der Waals surface area contributed by atoms with Crippen molar-refractivity contribution in [3.8, 4) is 0 Å². The molecule has 1 aliphatic carbocycles. The standard InChI is InChI=1S/C14H16BrNO2.C9H7Br.C7H14O2.Na.H/c1-14(2)17-9-12(18-14)8-16-6-5-10-7-11(15)3-4-13(10)16;10-9-5-4-7-2-1-3-8(7)6-9;1-4-6-5-8-7(2,3)9-6;;/h3-7,12H,8-9H2,1-2H3;1,3-6H,2H2;6H,4-5H2,1-3H3;;/q;;;+1;-1/t12-;;6-;;/m0.0../s1. The summed E-state index contributed by atoms with van der Waals surface area (Å²) in [6.07, 6.45) is 9.05. The molecule has 1 aromatic heterocycles. The van der Waals surface area contributed by atoms with Gasteiger partial charge in [0.25, 0.3) is 0 Å². The molecule has 5 nitrogen and oxygen atoms in total. The molecule has 0 unspecified atom stereocenters. The summed E-state index contributed by atoms with van der Waals surface area (Å²) in [5.74, 6) is -0.780. The van der Waals surface area contributed by atoms with Gasteiger partial charge >= 0.3 is 29.6 Å². The van der Waals surface area contributed by atoms with Gasteiger partial charge in [0.2, 0.25) is 0 Å². The molecule has 0 bridgehead atoms. The van der Waals surface area contributed by atoms with Crippen molar-refractivity contribution in [2.24, 2.45) is 0 Å². The molecule has 0 spiro atoms. The Balaban J connectivity index is 0.000000218. The van der Waals surface area contributed by atoms with E-state index in [2.05, 4.69) is 104 Å². The number of hydrogen-bond donors (Lipinski definition) is 0. The second kappa shape index (κ2) is 13.9. The number of aromatic nitrogens is 1. The van der Waals surface area contributed by atoms with Gasteiger partial charge in [-0.3, -0.25) is 0 Å². The minimum absolute atomic E-state index is 0. The normalized spacial score (nSPS) is 22.2. The fourth-order valence-electron chi connectivity index (χ4n) is 4.59. The Bertz CT molecular complexity index is 1250. The van der Waals surface area contributed by atoms with E-state index in [1.54, 1.807) is 0 Å². The maximum atomic E-state index is 5.84. The number of benzene rings is 2. The van der Waals surface area contributed by atoms with Gasteiger partial charge in [-0.15, -0.1) is 0 Å². The Morgan fingerprint density at radius 3 is 2.13 bits per heavy atom. The van der Waals surface area contributed by atoms with Crippen LogP contribution in [0.15, 0.2) is 63.7 Å². The number of hydrogen-bond acceptors (Lipinski definition) is 4. The molecule has 3 aliphatic rings. The van der Waals surface area contributed by atoms with Crippen LogP contribution >= 0.6 is 31.9 Å². The molecule has 0 N–H and O–H groups in total. The molecule has 2 atom stereocenters. The van der Waals surface area contributed by atoms with Gasteiger partial charge in [-0.1, -0.05) is 57.0 Å². The molecule has 2 fully saturated rings. The number of fused-ring (bicyclic) bond motifs is 2. The van der Waals surface area contributed by atoms with Crippen molar-refractivity contribution in [3.05, 3.63) is 74.8 Å². The van der Waals surface area contributed by atoms with E-state index in [0.29, 0.717) is 12.7 Å². The molecule has 0 amide bonds. The third kappa shape index (κ3) is 9.02. The van der Waals surface area contributed by atoms with Crippen LogP contribution in [0.1, 0.15) is 53.6 Å². The smallest absolute Gasteiger partial charge is 1.00 e. The molecule has 38 heavy (non-hydrogen) atoms.